The lowest BCUT2D eigenvalue weighted by Gasteiger charge is -2.44. The molecule has 0 amide bonds. The van der Waals surface area contributed by atoms with Gasteiger partial charge in [-0.15, -0.1) is 0 Å². The van der Waals surface area contributed by atoms with Gasteiger partial charge < -0.3 is 5.73 Å². The molecule has 0 aromatic heterocycles. The summed E-state index contributed by atoms with van der Waals surface area (Å²) in [6, 6.07) is 0.636. The Morgan fingerprint density at radius 1 is 1.62 bits per heavy atom. The van der Waals surface area contributed by atoms with Crippen LogP contribution >= 0.6 is 23.5 Å². The summed E-state index contributed by atoms with van der Waals surface area (Å²) in [6.45, 7) is 5.47. The number of nitrogens with two attached hydrogens (primary N) is 1. The van der Waals surface area contributed by atoms with Crippen molar-refractivity contribution < 1.29 is 0 Å². The molecule has 0 bridgehead atoms. The van der Waals surface area contributed by atoms with Gasteiger partial charge >= 0.3 is 0 Å². The quantitative estimate of drug-likeness (QED) is 0.795. The Balaban J connectivity index is 2.64. The summed E-state index contributed by atoms with van der Waals surface area (Å²) in [5.41, 5.74) is 6.30. The maximum atomic E-state index is 6.07. The highest BCUT2D eigenvalue weighted by Crippen LogP contribution is 2.40. The van der Waals surface area contributed by atoms with Gasteiger partial charge in [-0.2, -0.15) is 23.5 Å². The Morgan fingerprint density at radius 2 is 2.31 bits per heavy atom. The topological polar surface area (TPSA) is 29.3 Å². The van der Waals surface area contributed by atoms with Gasteiger partial charge in [-0.3, -0.25) is 4.90 Å². The minimum absolute atomic E-state index is 0.239. The number of hydrogen-bond donors (Lipinski definition) is 1. The molecule has 1 heterocycles. The number of nitrogens with zero attached hydrogens (tertiary/aromatic N) is 1. The lowest BCUT2D eigenvalue weighted by Crippen LogP contribution is -2.58. The van der Waals surface area contributed by atoms with Crippen LogP contribution in [0.1, 0.15) is 26.7 Å². The van der Waals surface area contributed by atoms with Crippen molar-refractivity contribution >= 4 is 23.5 Å². The molecule has 2 N–H and O–H groups in total. The first kappa shape index (κ1) is 14.7. The van der Waals surface area contributed by atoms with Crippen LogP contribution in [-0.4, -0.2) is 53.1 Å². The molecule has 3 atom stereocenters. The first-order valence-corrected chi connectivity index (χ1v) is 8.56. The van der Waals surface area contributed by atoms with E-state index in [1.165, 1.54) is 24.3 Å². The molecule has 0 aromatic carbocycles. The zero-order valence-electron chi connectivity index (χ0n) is 11.0. The Bertz CT molecular complexity index is 213. The lowest BCUT2D eigenvalue weighted by atomic mass is 9.89. The average Bonchev–Trinajstić information content (AvgIpc) is 2.67. The standard InChI is InChI=1S/C12H26N2S2/c1-10(5-7-15-4)14(3)12(9-13)6-8-16-11(12)2/h10-11H,5-9,13H2,1-4H3. The van der Waals surface area contributed by atoms with Crippen LogP contribution in [0.4, 0.5) is 0 Å². The number of rotatable bonds is 6. The first-order valence-electron chi connectivity index (χ1n) is 6.12. The molecule has 3 unspecified atom stereocenters. The maximum absolute atomic E-state index is 6.07. The maximum Gasteiger partial charge on any atom is 0.0454 e. The second-order valence-electron chi connectivity index (χ2n) is 4.81. The Hall–Kier alpha value is 0.620. The van der Waals surface area contributed by atoms with E-state index in [0.29, 0.717) is 11.3 Å². The predicted octanol–water partition coefficient (Wildman–Crippen LogP) is 2.28. The largest absolute Gasteiger partial charge is 0.329 e. The molecule has 2 nitrogen and oxygen atoms in total. The molecule has 1 aliphatic heterocycles. The normalized spacial score (nSPS) is 32.2. The summed E-state index contributed by atoms with van der Waals surface area (Å²) < 4.78 is 0. The van der Waals surface area contributed by atoms with E-state index >= 15 is 0 Å². The van der Waals surface area contributed by atoms with Crippen molar-refractivity contribution in [1.82, 2.24) is 4.90 Å². The van der Waals surface area contributed by atoms with Gasteiger partial charge in [-0.1, -0.05) is 6.92 Å². The number of likely N-dealkylation sites (N-methyl/N-ethyl adjacent to an activating group) is 1. The van der Waals surface area contributed by atoms with Crippen molar-refractivity contribution in [2.45, 2.75) is 43.5 Å². The van der Waals surface area contributed by atoms with Gasteiger partial charge in [0.05, 0.1) is 0 Å². The second kappa shape index (κ2) is 6.53. The first-order chi connectivity index (χ1) is 7.58. The van der Waals surface area contributed by atoms with Crippen molar-refractivity contribution in [1.29, 1.82) is 0 Å². The third kappa shape index (κ3) is 2.89. The summed E-state index contributed by atoms with van der Waals surface area (Å²) >= 11 is 4.01. The second-order valence-corrected chi connectivity index (χ2v) is 7.25. The fraction of sp³-hybridized carbons (Fsp3) is 1.00. The third-order valence-electron chi connectivity index (χ3n) is 4.12. The van der Waals surface area contributed by atoms with Crippen molar-refractivity contribution in [3.8, 4) is 0 Å². The summed E-state index contributed by atoms with van der Waals surface area (Å²) in [5, 5.41) is 0.666. The fourth-order valence-corrected chi connectivity index (χ4v) is 4.66. The van der Waals surface area contributed by atoms with Gasteiger partial charge in [0, 0.05) is 23.4 Å². The Labute approximate surface area is 109 Å². The summed E-state index contributed by atoms with van der Waals surface area (Å²) in [5.74, 6) is 2.51. The van der Waals surface area contributed by atoms with Crippen LogP contribution in [0.5, 0.6) is 0 Å². The summed E-state index contributed by atoms with van der Waals surface area (Å²) in [7, 11) is 2.26. The van der Waals surface area contributed by atoms with Gasteiger partial charge in [-0.25, -0.2) is 0 Å². The van der Waals surface area contributed by atoms with Crippen LogP contribution in [0.15, 0.2) is 0 Å². The average molecular weight is 262 g/mol. The summed E-state index contributed by atoms with van der Waals surface area (Å²) in [4.78, 5) is 2.55. The molecule has 0 saturated carbocycles. The van der Waals surface area contributed by atoms with E-state index in [2.05, 4.69) is 43.8 Å². The van der Waals surface area contributed by atoms with Gasteiger partial charge in [0.25, 0.3) is 0 Å². The van der Waals surface area contributed by atoms with Gasteiger partial charge in [0.15, 0.2) is 0 Å². The van der Waals surface area contributed by atoms with E-state index in [1.807, 2.05) is 11.8 Å². The molecule has 1 rings (SSSR count). The molecule has 0 radical (unpaired) electrons. The Morgan fingerprint density at radius 3 is 2.75 bits per heavy atom. The smallest absolute Gasteiger partial charge is 0.0454 e. The zero-order valence-corrected chi connectivity index (χ0v) is 12.7. The molecule has 1 aliphatic rings. The van der Waals surface area contributed by atoms with Crippen molar-refractivity contribution in [2.24, 2.45) is 5.73 Å². The van der Waals surface area contributed by atoms with E-state index in [4.69, 9.17) is 5.73 Å². The van der Waals surface area contributed by atoms with E-state index in [-0.39, 0.29) is 5.54 Å². The van der Waals surface area contributed by atoms with Crippen LogP contribution in [0.25, 0.3) is 0 Å². The van der Waals surface area contributed by atoms with Crippen molar-refractivity contribution in [2.75, 3.05) is 31.4 Å². The van der Waals surface area contributed by atoms with E-state index in [1.54, 1.807) is 0 Å². The molecule has 0 spiro atoms. The molecule has 1 saturated heterocycles. The molecule has 4 heteroatoms. The van der Waals surface area contributed by atoms with Gasteiger partial charge in [0.1, 0.15) is 0 Å². The lowest BCUT2D eigenvalue weighted by molar-refractivity contribution is 0.0866. The number of thioether (sulfide) groups is 2. The zero-order chi connectivity index (χ0) is 12.2. The minimum Gasteiger partial charge on any atom is -0.329 e. The minimum atomic E-state index is 0.239. The third-order valence-corrected chi connectivity index (χ3v) is 6.14. The molecular formula is C12H26N2S2. The SMILES string of the molecule is CSCCC(C)N(C)C1(CN)CCSC1C. The summed E-state index contributed by atoms with van der Waals surface area (Å²) in [6.07, 6.45) is 4.69. The predicted molar refractivity (Wildman–Crippen MR) is 78.5 cm³/mol. The van der Waals surface area contributed by atoms with Crippen LogP contribution < -0.4 is 5.73 Å². The molecule has 96 valence electrons. The molecule has 0 aliphatic carbocycles. The molecular weight excluding hydrogens is 236 g/mol. The van der Waals surface area contributed by atoms with Crippen molar-refractivity contribution in [3.63, 3.8) is 0 Å². The van der Waals surface area contributed by atoms with Crippen LogP contribution in [0.3, 0.4) is 0 Å². The van der Waals surface area contributed by atoms with Crippen LogP contribution in [-0.2, 0) is 0 Å². The molecule has 0 aromatic rings. The van der Waals surface area contributed by atoms with Crippen molar-refractivity contribution in [3.05, 3.63) is 0 Å². The number of hydrogen-bond acceptors (Lipinski definition) is 4. The van der Waals surface area contributed by atoms with Gasteiger partial charge in [0.2, 0.25) is 0 Å². The monoisotopic (exact) mass is 262 g/mol. The van der Waals surface area contributed by atoms with Crippen LogP contribution in [0.2, 0.25) is 0 Å². The van der Waals surface area contributed by atoms with E-state index in [0.717, 1.165) is 6.54 Å². The molecule has 1 fully saturated rings. The van der Waals surface area contributed by atoms with E-state index < -0.39 is 0 Å². The molecule has 16 heavy (non-hydrogen) atoms. The highest BCUT2D eigenvalue weighted by atomic mass is 32.2. The Kier molecular flexibility index (Phi) is 5.99. The fourth-order valence-electron chi connectivity index (χ4n) is 2.57. The highest BCUT2D eigenvalue weighted by molar-refractivity contribution is 8.00. The highest BCUT2D eigenvalue weighted by Gasteiger charge is 2.44. The van der Waals surface area contributed by atoms with Gasteiger partial charge in [-0.05, 0) is 44.6 Å². The van der Waals surface area contributed by atoms with Crippen LogP contribution in [0, 0.1) is 0 Å². The van der Waals surface area contributed by atoms with E-state index in [9.17, 15) is 0 Å².